The number of carbonyl (C=O) groups is 1. The van der Waals surface area contributed by atoms with Crippen molar-refractivity contribution in [2.24, 2.45) is 0 Å². The number of nitriles is 1. The zero-order valence-electron chi connectivity index (χ0n) is 12.8. The maximum Gasteiger partial charge on any atom is 0.262 e. The number of ether oxygens (including phenoxy) is 1. The fourth-order valence-corrected chi connectivity index (χ4v) is 2.78. The van der Waals surface area contributed by atoms with E-state index >= 15 is 0 Å². The first-order chi connectivity index (χ1) is 11.2. The third-order valence-corrected chi connectivity index (χ3v) is 3.96. The molecule has 23 heavy (non-hydrogen) atoms. The molecule has 0 radical (unpaired) electrons. The van der Waals surface area contributed by atoms with Crippen LogP contribution >= 0.6 is 0 Å². The molecule has 2 aromatic rings. The van der Waals surface area contributed by atoms with E-state index in [4.69, 9.17) is 10.00 Å². The Hall–Kier alpha value is -2.80. The van der Waals surface area contributed by atoms with Crippen LogP contribution in [0.4, 0.5) is 5.69 Å². The topological polar surface area (TPSA) is 62.1 Å². The Labute approximate surface area is 135 Å². The molecule has 1 amide bonds. The van der Waals surface area contributed by atoms with Crippen LogP contribution in [0.3, 0.4) is 0 Å². The average molecular weight is 306 g/mol. The largest absolute Gasteiger partial charge is 0.484 e. The highest BCUT2D eigenvalue weighted by atomic mass is 16.5. The van der Waals surface area contributed by atoms with Crippen molar-refractivity contribution in [2.75, 3.05) is 11.9 Å². The van der Waals surface area contributed by atoms with Gasteiger partial charge in [-0.05, 0) is 60.2 Å². The van der Waals surface area contributed by atoms with E-state index in [2.05, 4.69) is 17.5 Å². The summed E-state index contributed by atoms with van der Waals surface area (Å²) in [7, 11) is 0. The number of hydrogen-bond acceptors (Lipinski definition) is 3. The summed E-state index contributed by atoms with van der Waals surface area (Å²) < 4.78 is 5.57. The Morgan fingerprint density at radius 2 is 1.91 bits per heavy atom. The van der Waals surface area contributed by atoms with Crippen LogP contribution in [0.15, 0.2) is 42.5 Å². The molecule has 0 fully saturated rings. The van der Waals surface area contributed by atoms with E-state index in [0.29, 0.717) is 12.1 Å². The lowest BCUT2D eigenvalue weighted by molar-refractivity contribution is -0.118. The van der Waals surface area contributed by atoms with E-state index in [1.807, 2.05) is 24.3 Å². The molecule has 4 nitrogen and oxygen atoms in total. The van der Waals surface area contributed by atoms with Crippen LogP contribution in [-0.2, 0) is 24.1 Å². The van der Waals surface area contributed by atoms with E-state index in [1.165, 1.54) is 17.5 Å². The zero-order chi connectivity index (χ0) is 16.1. The highest BCUT2D eigenvalue weighted by Gasteiger charge is 2.12. The third kappa shape index (κ3) is 3.89. The lowest BCUT2D eigenvalue weighted by Gasteiger charge is -2.09. The quantitative estimate of drug-likeness (QED) is 0.922. The van der Waals surface area contributed by atoms with E-state index in [1.54, 1.807) is 12.1 Å². The van der Waals surface area contributed by atoms with Crippen molar-refractivity contribution >= 4 is 11.6 Å². The number of amides is 1. The van der Waals surface area contributed by atoms with Crippen molar-refractivity contribution in [3.8, 4) is 11.8 Å². The first kappa shape index (κ1) is 15.1. The van der Waals surface area contributed by atoms with Gasteiger partial charge in [0, 0.05) is 5.69 Å². The maximum absolute atomic E-state index is 11.9. The molecule has 1 aliphatic rings. The molecule has 0 unspecified atom stereocenters. The molecule has 0 aliphatic heterocycles. The number of hydrogen-bond donors (Lipinski definition) is 1. The summed E-state index contributed by atoms with van der Waals surface area (Å²) in [5, 5.41) is 11.4. The van der Waals surface area contributed by atoms with Gasteiger partial charge in [0.2, 0.25) is 0 Å². The van der Waals surface area contributed by atoms with Crippen LogP contribution in [0.2, 0.25) is 0 Å². The smallest absolute Gasteiger partial charge is 0.262 e. The molecular formula is C19H18N2O2. The van der Waals surface area contributed by atoms with Gasteiger partial charge in [0.25, 0.3) is 5.91 Å². The van der Waals surface area contributed by atoms with Crippen LogP contribution in [0.25, 0.3) is 0 Å². The predicted octanol–water partition coefficient (Wildman–Crippen LogP) is 3.26. The van der Waals surface area contributed by atoms with Crippen molar-refractivity contribution in [2.45, 2.75) is 25.7 Å². The molecule has 0 saturated carbocycles. The summed E-state index contributed by atoms with van der Waals surface area (Å²) >= 11 is 0. The van der Waals surface area contributed by atoms with Gasteiger partial charge in [-0.3, -0.25) is 4.79 Å². The molecule has 3 rings (SSSR count). The molecule has 0 atom stereocenters. The number of nitrogens with one attached hydrogen (secondary N) is 1. The zero-order valence-corrected chi connectivity index (χ0v) is 12.8. The maximum atomic E-state index is 11.9. The molecule has 4 heteroatoms. The van der Waals surface area contributed by atoms with Gasteiger partial charge in [-0.25, -0.2) is 0 Å². The Balaban J connectivity index is 1.52. The molecule has 116 valence electrons. The van der Waals surface area contributed by atoms with Gasteiger partial charge in [0.05, 0.1) is 12.5 Å². The van der Waals surface area contributed by atoms with E-state index in [9.17, 15) is 4.79 Å². The normalized spacial score (nSPS) is 12.3. The van der Waals surface area contributed by atoms with Crippen molar-refractivity contribution in [3.05, 3.63) is 59.2 Å². The molecule has 2 aromatic carbocycles. The monoisotopic (exact) mass is 306 g/mol. The molecule has 0 bridgehead atoms. The molecule has 0 saturated heterocycles. The summed E-state index contributed by atoms with van der Waals surface area (Å²) in [6.45, 7) is -0.0151. The second-order valence-corrected chi connectivity index (χ2v) is 5.65. The number of aryl methyl sites for hydroxylation is 2. The standard InChI is InChI=1S/C19H18N2O2/c20-11-10-14-4-7-17(8-5-14)21-19(22)13-23-18-9-6-15-2-1-3-16(15)12-18/h4-9,12H,1-3,10,13H2,(H,21,22). The number of nitrogens with zero attached hydrogens (tertiary/aromatic N) is 1. The molecule has 1 aliphatic carbocycles. The van der Waals surface area contributed by atoms with Crippen LogP contribution < -0.4 is 10.1 Å². The number of rotatable bonds is 5. The Kier molecular flexibility index (Phi) is 4.58. The summed E-state index contributed by atoms with van der Waals surface area (Å²) in [5.41, 5.74) is 4.35. The Morgan fingerprint density at radius 1 is 1.13 bits per heavy atom. The molecule has 0 spiro atoms. The van der Waals surface area contributed by atoms with E-state index in [0.717, 1.165) is 24.2 Å². The lowest BCUT2D eigenvalue weighted by Crippen LogP contribution is -2.20. The Bertz CT molecular complexity index is 745. The highest BCUT2D eigenvalue weighted by molar-refractivity contribution is 5.91. The van der Waals surface area contributed by atoms with Gasteiger partial charge in [-0.1, -0.05) is 18.2 Å². The fourth-order valence-electron chi connectivity index (χ4n) is 2.78. The summed E-state index contributed by atoms with van der Waals surface area (Å²) in [4.78, 5) is 11.9. The van der Waals surface area contributed by atoms with Gasteiger partial charge in [0.1, 0.15) is 5.75 Å². The first-order valence-corrected chi connectivity index (χ1v) is 7.75. The highest BCUT2D eigenvalue weighted by Crippen LogP contribution is 2.26. The number of carbonyl (C=O) groups excluding carboxylic acids is 1. The van der Waals surface area contributed by atoms with Gasteiger partial charge < -0.3 is 10.1 Å². The van der Waals surface area contributed by atoms with Gasteiger partial charge >= 0.3 is 0 Å². The SMILES string of the molecule is N#CCc1ccc(NC(=O)COc2ccc3c(c2)CCC3)cc1. The van der Waals surface area contributed by atoms with Crippen molar-refractivity contribution < 1.29 is 9.53 Å². The fraction of sp³-hybridized carbons (Fsp3) is 0.263. The predicted molar refractivity (Wildman–Crippen MR) is 88.4 cm³/mol. The van der Waals surface area contributed by atoms with Crippen molar-refractivity contribution in [1.29, 1.82) is 5.26 Å². The number of benzene rings is 2. The Morgan fingerprint density at radius 3 is 2.70 bits per heavy atom. The lowest BCUT2D eigenvalue weighted by atomic mass is 10.1. The number of anilines is 1. The molecule has 0 aromatic heterocycles. The first-order valence-electron chi connectivity index (χ1n) is 7.75. The minimum atomic E-state index is -0.196. The minimum absolute atomic E-state index is 0.0151. The summed E-state index contributed by atoms with van der Waals surface area (Å²) in [6, 6.07) is 15.4. The van der Waals surface area contributed by atoms with Crippen LogP contribution in [0, 0.1) is 11.3 Å². The van der Waals surface area contributed by atoms with Crippen molar-refractivity contribution in [1.82, 2.24) is 0 Å². The van der Waals surface area contributed by atoms with Crippen LogP contribution in [-0.4, -0.2) is 12.5 Å². The second-order valence-electron chi connectivity index (χ2n) is 5.65. The van der Waals surface area contributed by atoms with Gasteiger partial charge in [-0.15, -0.1) is 0 Å². The summed E-state index contributed by atoms with van der Waals surface area (Å²) in [6.07, 6.45) is 3.79. The van der Waals surface area contributed by atoms with E-state index < -0.39 is 0 Å². The summed E-state index contributed by atoms with van der Waals surface area (Å²) in [5.74, 6) is 0.545. The van der Waals surface area contributed by atoms with Gasteiger partial charge in [0.15, 0.2) is 6.61 Å². The van der Waals surface area contributed by atoms with Crippen molar-refractivity contribution in [3.63, 3.8) is 0 Å². The number of fused-ring (bicyclic) bond motifs is 1. The average Bonchev–Trinajstić information content (AvgIpc) is 3.03. The molecule has 0 heterocycles. The van der Waals surface area contributed by atoms with Gasteiger partial charge in [-0.2, -0.15) is 5.26 Å². The molecule has 1 N–H and O–H groups in total. The van der Waals surface area contributed by atoms with E-state index in [-0.39, 0.29) is 12.5 Å². The second kappa shape index (κ2) is 6.97. The van der Waals surface area contributed by atoms with Crippen LogP contribution in [0.5, 0.6) is 5.75 Å². The minimum Gasteiger partial charge on any atom is -0.484 e. The van der Waals surface area contributed by atoms with Crippen LogP contribution in [0.1, 0.15) is 23.1 Å². The molecular weight excluding hydrogens is 288 g/mol. The third-order valence-electron chi connectivity index (χ3n) is 3.96.